The van der Waals surface area contributed by atoms with Crippen LogP contribution in [0, 0.1) is 0 Å². The molecule has 2 aliphatic heterocycles. The molecule has 2 fully saturated rings. The van der Waals surface area contributed by atoms with Gasteiger partial charge in [0.15, 0.2) is 0 Å². The van der Waals surface area contributed by atoms with Crippen LogP contribution < -0.4 is 5.32 Å². The average Bonchev–Trinajstić information content (AvgIpc) is 2.49. The molecule has 1 atom stereocenters. The smallest absolute Gasteiger partial charge is 0.240 e. The molecule has 1 N–H and O–H groups in total. The Morgan fingerprint density at radius 3 is 2.60 bits per heavy atom. The van der Waals surface area contributed by atoms with Crippen molar-refractivity contribution in [1.82, 2.24) is 10.2 Å². The molecule has 2 rings (SSSR count). The number of imide groups is 1. The van der Waals surface area contributed by atoms with E-state index >= 15 is 0 Å². The van der Waals surface area contributed by atoms with Crippen LogP contribution in [0.5, 0.6) is 0 Å². The Morgan fingerprint density at radius 1 is 1.40 bits per heavy atom. The van der Waals surface area contributed by atoms with Gasteiger partial charge >= 0.3 is 0 Å². The van der Waals surface area contributed by atoms with Crippen LogP contribution in [0.15, 0.2) is 0 Å². The van der Waals surface area contributed by atoms with E-state index in [4.69, 9.17) is 0 Å². The van der Waals surface area contributed by atoms with Gasteiger partial charge in [0.2, 0.25) is 11.8 Å². The Labute approximate surface area is 93.8 Å². The van der Waals surface area contributed by atoms with E-state index in [0.717, 1.165) is 6.54 Å². The fraction of sp³-hybridized carbons (Fsp3) is 0.800. The van der Waals surface area contributed by atoms with Gasteiger partial charge in [0, 0.05) is 11.3 Å². The zero-order valence-corrected chi connectivity index (χ0v) is 9.73. The summed E-state index contributed by atoms with van der Waals surface area (Å²) >= 11 is 1.96. The highest BCUT2D eigenvalue weighted by molar-refractivity contribution is 8.00. The van der Waals surface area contributed by atoms with Crippen LogP contribution >= 0.6 is 11.8 Å². The predicted octanol–water partition coefficient (Wildman–Crippen LogP) is 0.230. The Bertz CT molecular complexity index is 271. The first-order valence-corrected chi connectivity index (χ1v) is 6.25. The van der Waals surface area contributed by atoms with Crippen molar-refractivity contribution < 1.29 is 9.59 Å². The van der Waals surface area contributed by atoms with Gasteiger partial charge in [-0.3, -0.25) is 19.8 Å². The highest BCUT2D eigenvalue weighted by atomic mass is 32.2. The van der Waals surface area contributed by atoms with E-state index in [1.54, 1.807) is 0 Å². The Hall–Kier alpha value is -0.550. The molecule has 0 aromatic carbocycles. The summed E-state index contributed by atoms with van der Waals surface area (Å²) < 4.78 is 0.234. The maximum absolute atomic E-state index is 11.2. The van der Waals surface area contributed by atoms with Crippen LogP contribution in [-0.2, 0) is 9.59 Å². The second kappa shape index (κ2) is 4.14. The first-order valence-electron chi connectivity index (χ1n) is 5.26. The van der Waals surface area contributed by atoms with E-state index in [-0.39, 0.29) is 16.6 Å². The number of amides is 2. The van der Waals surface area contributed by atoms with Crippen molar-refractivity contribution in [2.24, 2.45) is 0 Å². The lowest BCUT2D eigenvalue weighted by atomic mass is 10.0. The molecule has 2 aliphatic rings. The van der Waals surface area contributed by atoms with Crippen molar-refractivity contribution in [2.75, 3.05) is 25.4 Å². The zero-order valence-electron chi connectivity index (χ0n) is 8.91. The second-order valence-electron chi connectivity index (χ2n) is 4.52. The number of piperazine rings is 1. The molecule has 15 heavy (non-hydrogen) atoms. The van der Waals surface area contributed by atoms with Crippen molar-refractivity contribution in [3.8, 4) is 0 Å². The topological polar surface area (TPSA) is 49.4 Å². The fourth-order valence-corrected chi connectivity index (χ4v) is 3.59. The molecule has 0 aromatic rings. The monoisotopic (exact) mass is 228 g/mol. The molecular formula is C10H16N2O2S. The van der Waals surface area contributed by atoms with Crippen molar-refractivity contribution in [3.63, 3.8) is 0 Å². The number of carbonyl (C=O) groups excluding carboxylic acids is 2. The zero-order chi connectivity index (χ0) is 10.9. The molecule has 4 nitrogen and oxygen atoms in total. The molecular weight excluding hydrogens is 212 g/mol. The largest absolute Gasteiger partial charge is 0.294 e. The molecule has 0 bridgehead atoms. The third kappa shape index (κ3) is 2.72. The lowest BCUT2D eigenvalue weighted by molar-refractivity contribution is -0.136. The van der Waals surface area contributed by atoms with Gasteiger partial charge in [-0.05, 0) is 25.5 Å². The molecule has 5 heteroatoms. The highest BCUT2D eigenvalue weighted by Crippen LogP contribution is 2.38. The number of rotatable bonds is 2. The Morgan fingerprint density at radius 2 is 2.07 bits per heavy atom. The minimum atomic E-state index is -0.169. The predicted molar refractivity (Wildman–Crippen MR) is 59.7 cm³/mol. The Balaban J connectivity index is 1.93. The van der Waals surface area contributed by atoms with Crippen LogP contribution in [0.1, 0.15) is 19.8 Å². The summed E-state index contributed by atoms with van der Waals surface area (Å²) in [7, 11) is 0. The Kier molecular flexibility index (Phi) is 3.02. The minimum Gasteiger partial charge on any atom is -0.294 e. The van der Waals surface area contributed by atoms with E-state index in [1.807, 2.05) is 16.7 Å². The summed E-state index contributed by atoms with van der Waals surface area (Å²) in [5.74, 6) is 0.862. The van der Waals surface area contributed by atoms with Crippen LogP contribution in [-0.4, -0.2) is 46.8 Å². The van der Waals surface area contributed by atoms with Gasteiger partial charge in [-0.1, -0.05) is 0 Å². The van der Waals surface area contributed by atoms with Crippen LogP contribution in [0.3, 0.4) is 0 Å². The average molecular weight is 228 g/mol. The third-order valence-corrected chi connectivity index (χ3v) is 4.39. The fourth-order valence-electron chi connectivity index (χ4n) is 2.24. The summed E-state index contributed by atoms with van der Waals surface area (Å²) in [6.07, 6.45) is 2.43. The van der Waals surface area contributed by atoms with Crippen molar-refractivity contribution in [3.05, 3.63) is 0 Å². The number of nitrogens with zero attached hydrogens (tertiary/aromatic N) is 1. The standard InChI is InChI=1S/C10H16N2O2S/c1-10(3-2-4-15-10)7-12-5-8(13)11-9(14)6-12/h2-7H2,1H3,(H,11,13,14). The molecule has 2 amide bonds. The molecule has 1 unspecified atom stereocenters. The van der Waals surface area contributed by atoms with Gasteiger partial charge in [-0.15, -0.1) is 0 Å². The summed E-state index contributed by atoms with van der Waals surface area (Å²) in [5, 5.41) is 2.32. The first-order chi connectivity index (χ1) is 7.07. The van der Waals surface area contributed by atoms with Crippen LogP contribution in [0.25, 0.3) is 0 Å². The SMILES string of the molecule is CC1(CN2CC(=O)NC(=O)C2)CCCS1. The highest BCUT2D eigenvalue weighted by Gasteiger charge is 2.34. The maximum atomic E-state index is 11.2. The van der Waals surface area contributed by atoms with E-state index in [1.165, 1.54) is 18.6 Å². The number of nitrogens with one attached hydrogen (secondary N) is 1. The van der Waals surface area contributed by atoms with E-state index in [0.29, 0.717) is 13.1 Å². The summed E-state index contributed by atoms with van der Waals surface area (Å²) in [6.45, 7) is 3.79. The molecule has 0 radical (unpaired) electrons. The van der Waals surface area contributed by atoms with E-state index in [2.05, 4.69) is 12.2 Å². The van der Waals surface area contributed by atoms with Gasteiger partial charge in [0.1, 0.15) is 0 Å². The van der Waals surface area contributed by atoms with Crippen molar-refractivity contribution in [2.45, 2.75) is 24.5 Å². The van der Waals surface area contributed by atoms with Gasteiger partial charge in [-0.25, -0.2) is 0 Å². The normalized spacial score (nSPS) is 33.1. The number of thioether (sulfide) groups is 1. The minimum absolute atomic E-state index is 0.169. The lowest BCUT2D eigenvalue weighted by Crippen LogP contribution is -2.54. The summed E-state index contributed by atoms with van der Waals surface area (Å²) in [6, 6.07) is 0. The quantitative estimate of drug-likeness (QED) is 0.687. The molecule has 0 aromatic heterocycles. The molecule has 0 saturated carbocycles. The molecule has 2 heterocycles. The van der Waals surface area contributed by atoms with Crippen molar-refractivity contribution in [1.29, 1.82) is 0 Å². The van der Waals surface area contributed by atoms with Gasteiger partial charge < -0.3 is 0 Å². The number of carbonyl (C=O) groups is 2. The number of hydrogen-bond donors (Lipinski definition) is 1. The first kappa shape index (κ1) is 11.0. The summed E-state index contributed by atoms with van der Waals surface area (Å²) in [4.78, 5) is 24.3. The lowest BCUT2D eigenvalue weighted by Gasteiger charge is -2.32. The van der Waals surface area contributed by atoms with Gasteiger partial charge in [0.05, 0.1) is 13.1 Å². The van der Waals surface area contributed by atoms with Crippen LogP contribution in [0.2, 0.25) is 0 Å². The van der Waals surface area contributed by atoms with Crippen molar-refractivity contribution >= 4 is 23.6 Å². The van der Waals surface area contributed by atoms with Crippen LogP contribution in [0.4, 0.5) is 0 Å². The maximum Gasteiger partial charge on any atom is 0.240 e. The number of hydrogen-bond acceptors (Lipinski definition) is 4. The summed E-state index contributed by atoms with van der Waals surface area (Å²) in [5.41, 5.74) is 0. The van der Waals surface area contributed by atoms with E-state index in [9.17, 15) is 9.59 Å². The van der Waals surface area contributed by atoms with E-state index < -0.39 is 0 Å². The van der Waals surface area contributed by atoms with Gasteiger partial charge in [0.25, 0.3) is 0 Å². The van der Waals surface area contributed by atoms with Gasteiger partial charge in [-0.2, -0.15) is 11.8 Å². The molecule has 84 valence electrons. The third-order valence-electron chi connectivity index (χ3n) is 2.87. The molecule has 0 aliphatic carbocycles. The molecule has 2 saturated heterocycles. The second-order valence-corrected chi connectivity index (χ2v) is 6.20. The molecule has 0 spiro atoms.